The first kappa shape index (κ1) is 16.4. The van der Waals surface area contributed by atoms with Crippen molar-refractivity contribution in [2.75, 3.05) is 6.54 Å². The van der Waals surface area contributed by atoms with Gasteiger partial charge in [0.1, 0.15) is 5.69 Å². The summed E-state index contributed by atoms with van der Waals surface area (Å²) >= 11 is 0. The summed E-state index contributed by atoms with van der Waals surface area (Å²) in [4.78, 5) is 28.4. The molecular formula is C17H23N5O2. The van der Waals surface area contributed by atoms with Gasteiger partial charge in [0, 0.05) is 26.2 Å². The number of aromatic nitrogens is 4. The van der Waals surface area contributed by atoms with Crippen molar-refractivity contribution in [2.45, 2.75) is 38.6 Å². The summed E-state index contributed by atoms with van der Waals surface area (Å²) < 4.78 is 2.85. The number of amides is 1. The van der Waals surface area contributed by atoms with Gasteiger partial charge in [-0.05, 0) is 30.9 Å². The Morgan fingerprint density at radius 2 is 2.12 bits per heavy atom. The highest BCUT2D eigenvalue weighted by atomic mass is 16.2. The lowest BCUT2D eigenvalue weighted by atomic mass is 10.0. The van der Waals surface area contributed by atoms with E-state index in [-0.39, 0.29) is 11.6 Å². The molecule has 1 fully saturated rings. The van der Waals surface area contributed by atoms with Crippen molar-refractivity contribution < 1.29 is 4.79 Å². The standard InChI is InChI=1S/C17H23N5O2/c1-21-16(14-8-4-5-9-18-14)20-22(17(21)24)11-10-19-15(23)12-13-6-2-3-7-13/h4-5,8-9,13H,2-3,6-7,10-12H2,1H3,(H,19,23). The summed E-state index contributed by atoms with van der Waals surface area (Å²) in [6, 6.07) is 5.49. The number of hydrogen-bond donors (Lipinski definition) is 1. The molecule has 2 aromatic heterocycles. The smallest absolute Gasteiger partial charge is 0.346 e. The Morgan fingerprint density at radius 3 is 2.83 bits per heavy atom. The maximum Gasteiger partial charge on any atom is 0.346 e. The normalized spacial score (nSPS) is 14.9. The number of pyridine rings is 1. The third-order valence-corrected chi connectivity index (χ3v) is 4.53. The molecule has 2 aromatic rings. The summed E-state index contributed by atoms with van der Waals surface area (Å²) in [5.41, 5.74) is 0.446. The highest BCUT2D eigenvalue weighted by Gasteiger charge is 2.18. The monoisotopic (exact) mass is 329 g/mol. The Bertz CT molecular complexity index is 744. The Morgan fingerprint density at radius 1 is 1.33 bits per heavy atom. The molecule has 7 heteroatoms. The zero-order valence-electron chi connectivity index (χ0n) is 13.9. The molecule has 1 aliphatic rings. The van der Waals surface area contributed by atoms with Crippen LogP contribution in [0.1, 0.15) is 32.1 Å². The minimum absolute atomic E-state index is 0.0656. The van der Waals surface area contributed by atoms with Crippen LogP contribution in [0.15, 0.2) is 29.2 Å². The molecule has 0 aromatic carbocycles. The molecule has 1 saturated carbocycles. The van der Waals surface area contributed by atoms with Crippen LogP contribution in [-0.4, -0.2) is 31.8 Å². The molecule has 1 N–H and O–H groups in total. The molecule has 128 valence electrons. The molecule has 0 aliphatic heterocycles. The van der Waals surface area contributed by atoms with Gasteiger partial charge >= 0.3 is 5.69 Å². The summed E-state index contributed by atoms with van der Waals surface area (Å²) in [7, 11) is 1.68. The van der Waals surface area contributed by atoms with Crippen LogP contribution in [0.3, 0.4) is 0 Å². The molecule has 3 rings (SSSR count). The van der Waals surface area contributed by atoms with Gasteiger partial charge in [0.25, 0.3) is 0 Å². The van der Waals surface area contributed by atoms with E-state index in [9.17, 15) is 9.59 Å². The number of carbonyl (C=O) groups excluding carboxylic acids is 1. The first-order valence-corrected chi connectivity index (χ1v) is 8.47. The number of rotatable bonds is 6. The molecule has 0 atom stereocenters. The average molecular weight is 329 g/mol. The van der Waals surface area contributed by atoms with E-state index in [0.717, 1.165) is 12.8 Å². The Labute approximate surface area is 140 Å². The molecule has 7 nitrogen and oxygen atoms in total. The minimum Gasteiger partial charge on any atom is -0.354 e. The lowest BCUT2D eigenvalue weighted by Crippen LogP contribution is -2.32. The zero-order valence-corrected chi connectivity index (χ0v) is 13.9. The maximum absolute atomic E-state index is 12.2. The van der Waals surface area contributed by atoms with E-state index < -0.39 is 0 Å². The van der Waals surface area contributed by atoms with Crippen LogP contribution in [-0.2, 0) is 18.4 Å². The maximum atomic E-state index is 12.2. The molecule has 2 heterocycles. The van der Waals surface area contributed by atoms with Crippen LogP contribution in [0.4, 0.5) is 0 Å². The summed E-state index contributed by atoms with van der Waals surface area (Å²) in [5.74, 6) is 1.12. The van der Waals surface area contributed by atoms with Crippen molar-refractivity contribution in [3.8, 4) is 11.5 Å². The minimum atomic E-state index is -0.208. The van der Waals surface area contributed by atoms with Gasteiger partial charge in [-0.1, -0.05) is 18.9 Å². The zero-order chi connectivity index (χ0) is 16.9. The van der Waals surface area contributed by atoms with Crippen molar-refractivity contribution in [1.29, 1.82) is 0 Å². The largest absolute Gasteiger partial charge is 0.354 e. The van der Waals surface area contributed by atoms with Crippen LogP contribution in [0.25, 0.3) is 11.5 Å². The van der Waals surface area contributed by atoms with Crippen LogP contribution >= 0.6 is 0 Å². The van der Waals surface area contributed by atoms with Gasteiger partial charge in [-0.15, -0.1) is 5.10 Å². The van der Waals surface area contributed by atoms with Crippen LogP contribution in [0.5, 0.6) is 0 Å². The van der Waals surface area contributed by atoms with E-state index in [0.29, 0.717) is 36.9 Å². The van der Waals surface area contributed by atoms with Crippen molar-refractivity contribution in [1.82, 2.24) is 24.6 Å². The first-order chi connectivity index (χ1) is 11.6. The van der Waals surface area contributed by atoms with Crippen molar-refractivity contribution in [3.05, 3.63) is 34.9 Å². The molecule has 0 saturated heterocycles. The fourth-order valence-electron chi connectivity index (χ4n) is 3.20. The van der Waals surface area contributed by atoms with Gasteiger partial charge in [-0.3, -0.25) is 14.3 Å². The lowest BCUT2D eigenvalue weighted by molar-refractivity contribution is -0.122. The van der Waals surface area contributed by atoms with Gasteiger partial charge in [0.15, 0.2) is 5.82 Å². The van der Waals surface area contributed by atoms with Crippen LogP contribution in [0, 0.1) is 5.92 Å². The van der Waals surface area contributed by atoms with E-state index in [1.54, 1.807) is 13.2 Å². The molecule has 1 aliphatic carbocycles. The van der Waals surface area contributed by atoms with Gasteiger partial charge < -0.3 is 5.32 Å². The number of carbonyl (C=O) groups is 1. The number of nitrogens with zero attached hydrogens (tertiary/aromatic N) is 4. The van der Waals surface area contributed by atoms with E-state index >= 15 is 0 Å². The average Bonchev–Trinajstić information content (AvgIpc) is 3.19. The van der Waals surface area contributed by atoms with Crippen molar-refractivity contribution in [2.24, 2.45) is 13.0 Å². The van der Waals surface area contributed by atoms with Gasteiger partial charge in [0.2, 0.25) is 5.91 Å². The van der Waals surface area contributed by atoms with Crippen LogP contribution < -0.4 is 11.0 Å². The quantitative estimate of drug-likeness (QED) is 0.867. The van der Waals surface area contributed by atoms with Gasteiger partial charge in [0.05, 0.1) is 6.54 Å². The molecule has 1 amide bonds. The van der Waals surface area contributed by atoms with Crippen LogP contribution in [0.2, 0.25) is 0 Å². The van der Waals surface area contributed by atoms with E-state index in [2.05, 4.69) is 15.4 Å². The first-order valence-electron chi connectivity index (χ1n) is 8.47. The van der Waals surface area contributed by atoms with E-state index in [1.807, 2.05) is 18.2 Å². The Hall–Kier alpha value is -2.44. The second-order valence-corrected chi connectivity index (χ2v) is 6.31. The van der Waals surface area contributed by atoms with Gasteiger partial charge in [-0.2, -0.15) is 0 Å². The molecule has 0 bridgehead atoms. The lowest BCUT2D eigenvalue weighted by Gasteiger charge is -2.09. The second kappa shape index (κ2) is 7.42. The van der Waals surface area contributed by atoms with E-state index in [1.165, 1.54) is 22.1 Å². The fraction of sp³-hybridized carbons (Fsp3) is 0.529. The molecule has 0 spiro atoms. The Kier molecular flexibility index (Phi) is 5.08. The molecule has 0 radical (unpaired) electrons. The molecule has 0 unspecified atom stereocenters. The Balaban J connectivity index is 1.57. The highest BCUT2D eigenvalue weighted by molar-refractivity contribution is 5.76. The molecule has 24 heavy (non-hydrogen) atoms. The summed E-state index contributed by atoms with van der Waals surface area (Å²) in [5, 5.41) is 7.22. The van der Waals surface area contributed by atoms with Crippen molar-refractivity contribution in [3.63, 3.8) is 0 Å². The molecular weight excluding hydrogens is 306 g/mol. The second-order valence-electron chi connectivity index (χ2n) is 6.31. The third kappa shape index (κ3) is 3.72. The van der Waals surface area contributed by atoms with Crippen molar-refractivity contribution >= 4 is 5.91 Å². The fourth-order valence-corrected chi connectivity index (χ4v) is 3.20. The summed E-state index contributed by atoms with van der Waals surface area (Å²) in [6.07, 6.45) is 7.04. The van der Waals surface area contributed by atoms with Gasteiger partial charge in [-0.25, -0.2) is 9.48 Å². The number of nitrogens with one attached hydrogen (secondary N) is 1. The topological polar surface area (TPSA) is 81.8 Å². The highest BCUT2D eigenvalue weighted by Crippen LogP contribution is 2.27. The summed E-state index contributed by atoms with van der Waals surface area (Å²) in [6.45, 7) is 0.764. The SMILES string of the molecule is Cn1c(-c2ccccn2)nn(CCNC(=O)CC2CCCC2)c1=O. The number of hydrogen-bond acceptors (Lipinski definition) is 4. The van der Waals surface area contributed by atoms with E-state index in [4.69, 9.17) is 0 Å². The predicted molar refractivity (Wildman–Crippen MR) is 90.3 cm³/mol. The third-order valence-electron chi connectivity index (χ3n) is 4.53. The predicted octanol–water partition coefficient (Wildman–Crippen LogP) is 1.34.